The zero-order chi connectivity index (χ0) is 12.3. The fourth-order valence-corrected chi connectivity index (χ4v) is 9.51. The van der Waals surface area contributed by atoms with Gasteiger partial charge >= 0.3 is 0 Å². The van der Waals surface area contributed by atoms with Crippen molar-refractivity contribution in [1.82, 2.24) is 4.98 Å². The molecule has 2 heteroatoms. The molecule has 0 aromatic rings. The Morgan fingerprint density at radius 3 is 1.47 bits per heavy atom. The lowest BCUT2D eigenvalue weighted by Crippen LogP contribution is -2.63. The molecule has 0 saturated carbocycles. The summed E-state index contributed by atoms with van der Waals surface area (Å²) < 4.78 is 0. The lowest BCUT2D eigenvalue weighted by Gasteiger charge is -2.52. The van der Waals surface area contributed by atoms with Crippen molar-refractivity contribution in [2.45, 2.75) is 77.9 Å². The Labute approximate surface area is 98.1 Å². The second-order valence-corrected chi connectivity index (χ2v) is 12.3. The van der Waals surface area contributed by atoms with Crippen LogP contribution in [-0.2, 0) is 0 Å². The van der Waals surface area contributed by atoms with Gasteiger partial charge in [-0.15, -0.1) is 0 Å². The molecule has 0 radical (unpaired) electrons. The standard InChI is InChI=1S/C13H31NSi/c1-9-11-15(14-10-2,12(3,4)5)13(6,7)8/h14H,9-11H2,1-8H3. The highest BCUT2D eigenvalue weighted by Gasteiger charge is 2.51. The number of hydrogen-bond donors (Lipinski definition) is 1. The third kappa shape index (κ3) is 3.07. The highest BCUT2D eigenvalue weighted by molar-refractivity contribution is 6.82. The molecular formula is C13H31NSi. The van der Waals surface area contributed by atoms with Gasteiger partial charge in [0.2, 0.25) is 0 Å². The first-order valence-corrected chi connectivity index (χ1v) is 8.58. The zero-order valence-electron chi connectivity index (χ0n) is 12.1. The molecule has 0 amide bonds. The van der Waals surface area contributed by atoms with Crippen molar-refractivity contribution in [3.63, 3.8) is 0 Å². The fraction of sp³-hybridized carbons (Fsp3) is 1.00. The molecule has 15 heavy (non-hydrogen) atoms. The van der Waals surface area contributed by atoms with Crippen LogP contribution >= 0.6 is 0 Å². The lowest BCUT2D eigenvalue weighted by molar-refractivity contribution is 0.570. The van der Waals surface area contributed by atoms with Gasteiger partial charge in [0.25, 0.3) is 0 Å². The monoisotopic (exact) mass is 229 g/mol. The summed E-state index contributed by atoms with van der Waals surface area (Å²) in [6.07, 6.45) is 1.30. The van der Waals surface area contributed by atoms with E-state index in [1.807, 2.05) is 0 Å². The predicted octanol–water partition coefficient (Wildman–Crippen LogP) is 4.55. The van der Waals surface area contributed by atoms with Gasteiger partial charge in [0.15, 0.2) is 0 Å². The van der Waals surface area contributed by atoms with Crippen LogP contribution in [-0.4, -0.2) is 14.8 Å². The largest absolute Gasteiger partial charge is 0.337 e. The minimum atomic E-state index is -1.45. The maximum Gasteiger partial charge on any atom is 0.136 e. The first-order chi connectivity index (χ1) is 6.62. The van der Waals surface area contributed by atoms with Crippen molar-refractivity contribution in [3.05, 3.63) is 0 Å². The van der Waals surface area contributed by atoms with Crippen LogP contribution in [0.2, 0.25) is 16.1 Å². The van der Waals surface area contributed by atoms with E-state index in [0.29, 0.717) is 10.1 Å². The van der Waals surface area contributed by atoms with Gasteiger partial charge in [-0.3, -0.25) is 0 Å². The molecule has 0 rings (SSSR count). The van der Waals surface area contributed by atoms with E-state index in [1.165, 1.54) is 12.5 Å². The third-order valence-electron chi connectivity index (χ3n) is 3.66. The molecule has 92 valence electrons. The van der Waals surface area contributed by atoms with Crippen molar-refractivity contribution in [3.8, 4) is 0 Å². The van der Waals surface area contributed by atoms with Crippen LogP contribution in [0.5, 0.6) is 0 Å². The molecule has 0 aromatic heterocycles. The molecular weight excluding hydrogens is 198 g/mol. The van der Waals surface area contributed by atoms with E-state index in [4.69, 9.17) is 0 Å². The van der Waals surface area contributed by atoms with E-state index in [0.717, 1.165) is 6.54 Å². The molecule has 0 aromatic carbocycles. The Balaban J connectivity index is 5.28. The first kappa shape index (κ1) is 15.2. The molecule has 1 nitrogen and oxygen atoms in total. The molecule has 0 bridgehead atoms. The first-order valence-electron chi connectivity index (χ1n) is 6.37. The van der Waals surface area contributed by atoms with Crippen molar-refractivity contribution in [1.29, 1.82) is 0 Å². The van der Waals surface area contributed by atoms with Gasteiger partial charge in [0.05, 0.1) is 0 Å². The van der Waals surface area contributed by atoms with E-state index in [1.54, 1.807) is 0 Å². The molecule has 0 aliphatic heterocycles. The molecule has 0 saturated heterocycles. The summed E-state index contributed by atoms with van der Waals surface area (Å²) in [6, 6.07) is 1.38. The second kappa shape index (κ2) is 5.01. The van der Waals surface area contributed by atoms with Gasteiger partial charge in [0.1, 0.15) is 8.24 Å². The average Bonchev–Trinajstić information content (AvgIpc) is 1.99. The molecule has 0 aliphatic rings. The van der Waals surface area contributed by atoms with Crippen LogP contribution in [0.1, 0.15) is 61.8 Å². The van der Waals surface area contributed by atoms with Crippen LogP contribution in [0.25, 0.3) is 0 Å². The topological polar surface area (TPSA) is 12.0 Å². The number of nitrogens with one attached hydrogen (secondary N) is 1. The SMILES string of the molecule is CCC[Si](NCC)(C(C)(C)C)C(C)(C)C. The van der Waals surface area contributed by atoms with E-state index in [-0.39, 0.29) is 0 Å². The Bertz CT molecular complexity index is 164. The normalized spacial score (nSPS) is 14.4. The molecule has 1 N–H and O–H groups in total. The second-order valence-electron chi connectivity index (χ2n) is 6.69. The molecule has 0 fully saturated rings. The van der Waals surface area contributed by atoms with Crippen molar-refractivity contribution < 1.29 is 0 Å². The Hall–Kier alpha value is 0.177. The fourth-order valence-electron chi connectivity index (χ4n) is 3.17. The summed E-state index contributed by atoms with van der Waals surface area (Å²) in [7, 11) is -1.45. The van der Waals surface area contributed by atoms with E-state index < -0.39 is 8.24 Å². The predicted molar refractivity (Wildman–Crippen MR) is 74.0 cm³/mol. The molecule has 0 unspecified atom stereocenters. The van der Waals surface area contributed by atoms with Gasteiger partial charge in [-0.1, -0.05) is 61.8 Å². The summed E-state index contributed by atoms with van der Waals surface area (Å²) in [5.74, 6) is 0. The zero-order valence-corrected chi connectivity index (χ0v) is 13.1. The van der Waals surface area contributed by atoms with Crippen LogP contribution in [0.3, 0.4) is 0 Å². The van der Waals surface area contributed by atoms with E-state index in [2.05, 4.69) is 60.4 Å². The minimum Gasteiger partial charge on any atom is -0.337 e. The van der Waals surface area contributed by atoms with Gasteiger partial charge in [-0.25, -0.2) is 0 Å². The Morgan fingerprint density at radius 2 is 1.27 bits per heavy atom. The quantitative estimate of drug-likeness (QED) is 0.697. The molecule has 0 heterocycles. The van der Waals surface area contributed by atoms with Crippen LogP contribution < -0.4 is 4.98 Å². The number of hydrogen-bond acceptors (Lipinski definition) is 1. The van der Waals surface area contributed by atoms with Gasteiger partial charge in [0, 0.05) is 0 Å². The lowest BCUT2D eigenvalue weighted by atomic mass is 10.2. The van der Waals surface area contributed by atoms with Gasteiger partial charge in [-0.2, -0.15) is 0 Å². The number of rotatable bonds is 4. The minimum absolute atomic E-state index is 0.428. The highest BCUT2D eigenvalue weighted by Crippen LogP contribution is 2.51. The Kier molecular flexibility index (Phi) is 5.06. The highest BCUT2D eigenvalue weighted by atomic mass is 28.3. The van der Waals surface area contributed by atoms with E-state index >= 15 is 0 Å². The third-order valence-corrected chi connectivity index (χ3v) is 11.0. The molecule has 0 aliphatic carbocycles. The van der Waals surface area contributed by atoms with Crippen molar-refractivity contribution in [2.75, 3.05) is 6.54 Å². The smallest absolute Gasteiger partial charge is 0.136 e. The maximum atomic E-state index is 3.92. The summed E-state index contributed by atoms with van der Waals surface area (Å²) in [5, 5.41) is 0.856. The van der Waals surface area contributed by atoms with Gasteiger partial charge in [-0.05, 0) is 22.7 Å². The van der Waals surface area contributed by atoms with Crippen LogP contribution in [0.15, 0.2) is 0 Å². The van der Waals surface area contributed by atoms with E-state index in [9.17, 15) is 0 Å². The Morgan fingerprint density at radius 1 is 0.867 bits per heavy atom. The van der Waals surface area contributed by atoms with Gasteiger partial charge < -0.3 is 4.98 Å². The van der Waals surface area contributed by atoms with Crippen molar-refractivity contribution in [2.24, 2.45) is 0 Å². The maximum absolute atomic E-state index is 3.92. The summed E-state index contributed by atoms with van der Waals surface area (Å²) in [5.41, 5.74) is 0. The van der Waals surface area contributed by atoms with Crippen LogP contribution in [0.4, 0.5) is 0 Å². The molecule has 0 spiro atoms. The van der Waals surface area contributed by atoms with Crippen molar-refractivity contribution >= 4 is 8.24 Å². The average molecular weight is 229 g/mol. The summed E-state index contributed by atoms with van der Waals surface area (Å²) in [4.78, 5) is 3.92. The summed E-state index contributed by atoms with van der Waals surface area (Å²) in [6.45, 7) is 20.2. The van der Waals surface area contributed by atoms with Crippen LogP contribution in [0, 0.1) is 0 Å². The summed E-state index contributed by atoms with van der Waals surface area (Å²) >= 11 is 0. The molecule has 0 atom stereocenters.